The molecule has 0 spiro atoms. The Kier molecular flexibility index (Phi) is 9.30. The van der Waals surface area contributed by atoms with Gasteiger partial charge in [0.2, 0.25) is 0 Å². The van der Waals surface area contributed by atoms with Gasteiger partial charge in [-0.1, -0.05) is 6.08 Å². The molecule has 0 saturated heterocycles. The first-order chi connectivity index (χ1) is 16.2. The van der Waals surface area contributed by atoms with Gasteiger partial charge in [-0.15, -0.1) is 0 Å². The Balaban J connectivity index is 6.74. The minimum absolute atomic E-state index is 0.133. The average molecular weight is 625 g/mol. The molecule has 0 aromatic carbocycles. The Morgan fingerprint density at radius 3 is 1.32 bits per heavy atom. The topological polar surface area (TPSA) is 74.7 Å². The van der Waals surface area contributed by atoms with Crippen LogP contribution in [0.3, 0.4) is 0 Å². The Morgan fingerprint density at radius 1 is 0.684 bits per heavy atom. The summed E-state index contributed by atoms with van der Waals surface area (Å²) in [6, 6.07) is 0. The molecule has 226 valence electrons. The number of aliphatic carboxylic acids is 1. The maximum Gasteiger partial charge on any atom is 0.460 e. The molecule has 0 atom stereocenters. The summed E-state index contributed by atoms with van der Waals surface area (Å²) in [7, 11) is -7.52. The zero-order chi connectivity index (χ0) is 31.4. The molecule has 0 aromatic heterocycles. The summed E-state index contributed by atoms with van der Waals surface area (Å²) in [6.07, 6.45) is -8.34. The Morgan fingerprint density at radius 2 is 1.00 bits per heavy atom. The van der Waals surface area contributed by atoms with Crippen molar-refractivity contribution in [3.8, 4) is 0 Å². The second-order valence-electron chi connectivity index (χ2n) is 7.27. The van der Waals surface area contributed by atoms with Crippen molar-refractivity contribution in [3.63, 3.8) is 0 Å². The summed E-state index contributed by atoms with van der Waals surface area (Å²) in [6.45, 7) is -0.687. The first-order valence-corrected chi connectivity index (χ1v) is 10.3. The molecular formula is C15H12F17NO4S. The molecule has 0 rings (SSSR count). The highest BCUT2D eigenvalue weighted by Gasteiger charge is 2.96. The molecule has 0 saturated carbocycles. The maximum atomic E-state index is 14.0. The summed E-state index contributed by atoms with van der Waals surface area (Å²) in [5, 5.41) is 0.881. The highest BCUT2D eigenvalue weighted by molar-refractivity contribution is 7.90. The second kappa shape index (κ2) is 9.84. The highest BCUT2D eigenvalue weighted by Crippen LogP contribution is 2.64. The summed E-state index contributed by atoms with van der Waals surface area (Å²) in [4.78, 5) is 10.5. The van der Waals surface area contributed by atoms with Gasteiger partial charge in [-0.2, -0.15) is 78.9 Å². The Hall–Kier alpha value is -2.07. The average Bonchev–Trinajstić information content (AvgIpc) is 2.71. The zero-order valence-electron chi connectivity index (χ0n) is 17.9. The molecule has 0 bridgehead atoms. The lowest BCUT2D eigenvalue weighted by Crippen LogP contribution is -2.75. The number of sulfonamides is 1. The van der Waals surface area contributed by atoms with Gasteiger partial charge in [0.1, 0.15) is 0 Å². The standard InChI is InChI=1S/C15H12F17NO4S/c1-6(7(34)35)4-3-5-33(2)38(36,37)15(31,32)13(26,27)11(22,23)9(18,19)8(16,17)10(20,21)12(24,25)14(28,29)30/h4H,3,5H2,1-2H3,(H,34,35). The van der Waals surface area contributed by atoms with Crippen molar-refractivity contribution in [2.24, 2.45) is 0 Å². The zero-order valence-corrected chi connectivity index (χ0v) is 18.8. The van der Waals surface area contributed by atoms with Crippen LogP contribution in [0.1, 0.15) is 13.3 Å². The van der Waals surface area contributed by atoms with Crippen LogP contribution in [0.25, 0.3) is 0 Å². The number of carboxylic acid groups (broad SMARTS) is 1. The van der Waals surface area contributed by atoms with Crippen LogP contribution < -0.4 is 0 Å². The van der Waals surface area contributed by atoms with E-state index in [9.17, 15) is 87.8 Å². The number of carboxylic acids is 1. The second-order valence-corrected chi connectivity index (χ2v) is 9.35. The van der Waals surface area contributed by atoms with Crippen molar-refractivity contribution in [1.82, 2.24) is 4.31 Å². The fourth-order valence-corrected chi connectivity index (χ4v) is 3.37. The largest absolute Gasteiger partial charge is 0.478 e. The predicted molar refractivity (Wildman–Crippen MR) is 88.2 cm³/mol. The van der Waals surface area contributed by atoms with E-state index in [0.717, 1.165) is 6.92 Å². The van der Waals surface area contributed by atoms with E-state index in [4.69, 9.17) is 5.11 Å². The molecule has 1 N–H and O–H groups in total. The van der Waals surface area contributed by atoms with E-state index < -0.39 is 85.8 Å². The molecule has 0 unspecified atom stereocenters. The minimum Gasteiger partial charge on any atom is -0.478 e. The van der Waals surface area contributed by atoms with E-state index in [0.29, 0.717) is 6.08 Å². The summed E-state index contributed by atoms with van der Waals surface area (Å²) in [5.74, 6) is -53.7. The van der Waals surface area contributed by atoms with Crippen molar-refractivity contribution in [3.05, 3.63) is 11.6 Å². The maximum absolute atomic E-state index is 14.0. The number of halogens is 17. The lowest BCUT2D eigenvalue weighted by molar-refractivity contribution is -0.458. The van der Waals surface area contributed by atoms with Crippen molar-refractivity contribution < 1.29 is 93.0 Å². The van der Waals surface area contributed by atoms with Crippen LogP contribution in [0.15, 0.2) is 11.6 Å². The molecule has 0 heterocycles. The van der Waals surface area contributed by atoms with Gasteiger partial charge in [0.05, 0.1) is 0 Å². The highest BCUT2D eigenvalue weighted by atomic mass is 32.2. The normalized spacial score (nSPS) is 16.3. The summed E-state index contributed by atoms with van der Waals surface area (Å²) in [5.41, 5.74) is -0.627. The number of nitrogens with zero attached hydrogens (tertiary/aromatic N) is 1. The smallest absolute Gasteiger partial charge is 0.460 e. The quantitative estimate of drug-likeness (QED) is 0.225. The van der Waals surface area contributed by atoms with Crippen LogP contribution in [-0.4, -0.2) is 84.4 Å². The van der Waals surface area contributed by atoms with E-state index in [2.05, 4.69) is 0 Å². The van der Waals surface area contributed by atoms with Crippen LogP contribution in [-0.2, 0) is 14.8 Å². The first-order valence-electron chi connectivity index (χ1n) is 8.82. The molecule has 5 nitrogen and oxygen atoms in total. The number of carbonyl (C=O) groups is 1. The van der Waals surface area contributed by atoms with E-state index >= 15 is 0 Å². The van der Waals surface area contributed by atoms with Crippen LogP contribution in [0.2, 0.25) is 0 Å². The van der Waals surface area contributed by atoms with E-state index in [1.54, 1.807) is 0 Å². The molecule has 38 heavy (non-hydrogen) atoms. The van der Waals surface area contributed by atoms with Crippen molar-refractivity contribution >= 4 is 16.0 Å². The van der Waals surface area contributed by atoms with Crippen molar-refractivity contribution in [2.75, 3.05) is 13.6 Å². The van der Waals surface area contributed by atoms with Crippen molar-refractivity contribution in [1.29, 1.82) is 0 Å². The summed E-state index contributed by atoms with van der Waals surface area (Å²) < 4.78 is 248. The first kappa shape index (κ1) is 35.9. The molecule has 0 amide bonds. The fraction of sp³-hybridized carbons (Fsp3) is 0.800. The van der Waals surface area contributed by atoms with Crippen LogP contribution >= 0.6 is 0 Å². The van der Waals surface area contributed by atoms with E-state index in [1.807, 2.05) is 0 Å². The van der Waals surface area contributed by atoms with Crippen LogP contribution in [0, 0.1) is 0 Å². The molecule has 0 aliphatic carbocycles. The number of rotatable bonds is 12. The SMILES string of the molecule is CC(=CCCN(C)S(=O)(=O)C(F)(F)C(F)(F)C(F)(F)C(F)(F)C(F)(F)C(F)(F)C(F)(F)C(F)(F)F)C(=O)O. The van der Waals surface area contributed by atoms with Crippen LogP contribution in [0.4, 0.5) is 74.6 Å². The number of hydrogen-bond acceptors (Lipinski definition) is 3. The molecule has 23 heteroatoms. The molecule has 0 aliphatic heterocycles. The lowest BCUT2D eigenvalue weighted by atomic mass is 9.91. The number of alkyl halides is 17. The minimum atomic E-state index is -8.90. The van der Waals surface area contributed by atoms with Gasteiger partial charge in [-0.3, -0.25) is 0 Å². The molecular weight excluding hydrogens is 613 g/mol. The predicted octanol–water partition coefficient (Wildman–Crippen LogP) is 5.64. The van der Waals surface area contributed by atoms with Gasteiger partial charge >= 0.3 is 52.9 Å². The Labute approximate surface area is 199 Å². The molecule has 0 aliphatic rings. The van der Waals surface area contributed by atoms with Gasteiger partial charge in [0, 0.05) is 19.2 Å². The van der Waals surface area contributed by atoms with E-state index in [1.165, 1.54) is 0 Å². The monoisotopic (exact) mass is 625 g/mol. The molecule has 0 fully saturated rings. The van der Waals surface area contributed by atoms with Crippen molar-refractivity contribution in [2.45, 2.75) is 60.3 Å². The van der Waals surface area contributed by atoms with Gasteiger partial charge in [0.25, 0.3) is 10.0 Å². The van der Waals surface area contributed by atoms with Gasteiger partial charge < -0.3 is 5.11 Å². The van der Waals surface area contributed by atoms with Gasteiger partial charge in [-0.25, -0.2) is 13.2 Å². The Bertz CT molecular complexity index is 1030. The lowest BCUT2D eigenvalue weighted by Gasteiger charge is -2.42. The van der Waals surface area contributed by atoms with Gasteiger partial charge in [-0.05, 0) is 13.3 Å². The third-order valence-electron chi connectivity index (χ3n) is 4.66. The fourth-order valence-electron chi connectivity index (χ4n) is 2.18. The third-order valence-corrected chi connectivity index (χ3v) is 6.57. The molecule has 0 radical (unpaired) electrons. The third kappa shape index (κ3) is 4.98. The molecule has 0 aromatic rings. The number of hydrogen-bond donors (Lipinski definition) is 1. The van der Waals surface area contributed by atoms with Crippen LogP contribution in [0.5, 0.6) is 0 Å². The summed E-state index contributed by atoms with van der Waals surface area (Å²) >= 11 is 0. The van der Waals surface area contributed by atoms with E-state index in [-0.39, 0.29) is 7.05 Å². The van der Waals surface area contributed by atoms with Gasteiger partial charge in [0.15, 0.2) is 0 Å².